The van der Waals surface area contributed by atoms with Crippen molar-refractivity contribution in [3.8, 4) is 22.7 Å². The molecule has 1 amide bonds. The van der Waals surface area contributed by atoms with Gasteiger partial charge in [-0.05, 0) is 24.3 Å². The molecular weight excluding hydrogens is 528 g/mol. The second-order valence-electron chi connectivity index (χ2n) is 7.64. The van der Waals surface area contributed by atoms with Crippen LogP contribution in [0, 0.1) is 11.6 Å². The minimum absolute atomic E-state index is 0.0105. The second kappa shape index (κ2) is 9.97. The molecule has 9 nitrogen and oxygen atoms in total. The number of nitrogens with zero attached hydrogens (tertiary/aromatic N) is 5. The first-order chi connectivity index (χ1) is 18.3. The van der Waals surface area contributed by atoms with Crippen LogP contribution in [-0.2, 0) is 0 Å². The van der Waals surface area contributed by atoms with Crippen LogP contribution in [0.2, 0.25) is 0 Å². The van der Waals surface area contributed by atoms with E-state index in [0.717, 1.165) is 34.4 Å². The average molecular weight is 542 g/mol. The zero-order valence-corrected chi connectivity index (χ0v) is 20.0. The molecule has 0 bridgehead atoms. The lowest BCUT2D eigenvalue weighted by Gasteiger charge is -2.14. The van der Waals surface area contributed by atoms with E-state index in [1.54, 1.807) is 0 Å². The van der Waals surface area contributed by atoms with Gasteiger partial charge in [-0.3, -0.25) is 24.5 Å². The van der Waals surface area contributed by atoms with Gasteiger partial charge in [0, 0.05) is 35.9 Å². The molecule has 0 fully saturated rings. The number of thiazole rings is 1. The van der Waals surface area contributed by atoms with Gasteiger partial charge in [-0.2, -0.15) is 4.98 Å². The number of amides is 1. The quantitative estimate of drug-likeness (QED) is 0.308. The van der Waals surface area contributed by atoms with Gasteiger partial charge in [-0.25, -0.2) is 27.5 Å². The number of carbonyl (C=O) groups is 1. The molecule has 5 aromatic heterocycles. The molecular formula is C24H14F4N6O3S. The number of methoxy groups -OCH3 is 1. The SMILES string of the molecule is COc1cnccc1-c1cc(-n2ccc(C(F)F)c(F)c2=O)ncc1C(=O)Nc1nc2nccc(F)c2s1. The maximum absolute atomic E-state index is 14.3. The molecule has 5 rings (SSSR count). The minimum atomic E-state index is -3.18. The fourth-order valence-corrected chi connectivity index (χ4v) is 4.47. The van der Waals surface area contributed by atoms with Gasteiger partial charge < -0.3 is 4.74 Å². The number of hydrogen-bond acceptors (Lipinski definition) is 8. The molecule has 0 aliphatic carbocycles. The largest absolute Gasteiger partial charge is 0.494 e. The maximum atomic E-state index is 14.3. The molecule has 0 radical (unpaired) electrons. The van der Waals surface area contributed by atoms with Crippen LogP contribution in [0.4, 0.5) is 22.7 Å². The molecule has 5 aromatic rings. The van der Waals surface area contributed by atoms with Crippen molar-refractivity contribution in [1.82, 2.24) is 24.5 Å². The summed E-state index contributed by atoms with van der Waals surface area (Å²) < 4.78 is 60.7. The molecule has 0 aromatic carbocycles. The first-order valence-corrected chi connectivity index (χ1v) is 11.5. The standard InChI is InChI=1S/C24H14F4N6O3S/c1-37-16-10-29-5-2-11(16)13-8-17(34-7-4-12(20(27)28)18(26)23(34)36)31-9-14(13)22(35)33-24-32-21-19(38-24)15(25)3-6-30-21/h2-10,20H,1H3,(H,30,32,33,35). The number of nitrogens with one attached hydrogen (secondary N) is 1. The Labute approximate surface area is 214 Å². The summed E-state index contributed by atoms with van der Waals surface area (Å²) in [4.78, 5) is 41.9. The molecule has 0 saturated heterocycles. The predicted molar refractivity (Wildman–Crippen MR) is 130 cm³/mol. The number of pyridine rings is 4. The predicted octanol–water partition coefficient (Wildman–Crippen LogP) is 4.78. The monoisotopic (exact) mass is 542 g/mol. The Morgan fingerprint density at radius 1 is 1.11 bits per heavy atom. The summed E-state index contributed by atoms with van der Waals surface area (Å²) in [6, 6.07) is 4.78. The van der Waals surface area contributed by atoms with Crippen molar-refractivity contribution >= 4 is 32.7 Å². The Morgan fingerprint density at radius 3 is 2.66 bits per heavy atom. The molecule has 0 atom stereocenters. The number of carbonyl (C=O) groups excluding carboxylic acids is 1. The van der Waals surface area contributed by atoms with Crippen LogP contribution >= 0.6 is 11.3 Å². The zero-order chi connectivity index (χ0) is 27.0. The summed E-state index contributed by atoms with van der Waals surface area (Å²) in [5, 5.41) is 2.65. The van der Waals surface area contributed by atoms with Crippen molar-refractivity contribution in [2.75, 3.05) is 12.4 Å². The van der Waals surface area contributed by atoms with Gasteiger partial charge in [0.05, 0.1) is 24.4 Å². The molecule has 0 saturated carbocycles. The summed E-state index contributed by atoms with van der Waals surface area (Å²) in [7, 11) is 1.38. The van der Waals surface area contributed by atoms with E-state index in [1.807, 2.05) is 0 Å². The summed E-state index contributed by atoms with van der Waals surface area (Å²) in [5.41, 5.74) is -1.72. The lowest BCUT2D eigenvalue weighted by molar-refractivity contribution is 0.102. The summed E-state index contributed by atoms with van der Waals surface area (Å²) in [6.07, 6.45) is 2.98. The third-order valence-corrected chi connectivity index (χ3v) is 6.41. The first kappa shape index (κ1) is 25.0. The van der Waals surface area contributed by atoms with E-state index >= 15 is 0 Å². The second-order valence-corrected chi connectivity index (χ2v) is 8.64. The van der Waals surface area contributed by atoms with Gasteiger partial charge in [-0.15, -0.1) is 0 Å². The molecule has 5 heterocycles. The fourth-order valence-electron chi connectivity index (χ4n) is 3.64. The van der Waals surface area contributed by atoms with E-state index in [9.17, 15) is 27.2 Å². The first-order valence-electron chi connectivity index (χ1n) is 10.7. The Balaban J connectivity index is 1.62. The van der Waals surface area contributed by atoms with Crippen molar-refractivity contribution < 1.29 is 27.1 Å². The Kier molecular flexibility index (Phi) is 6.55. The molecule has 0 aliphatic rings. The topological polar surface area (TPSA) is 112 Å². The Bertz CT molecular complexity index is 1760. The third-order valence-electron chi connectivity index (χ3n) is 5.44. The van der Waals surface area contributed by atoms with Crippen molar-refractivity contribution in [3.63, 3.8) is 0 Å². The van der Waals surface area contributed by atoms with Crippen molar-refractivity contribution in [2.24, 2.45) is 0 Å². The van der Waals surface area contributed by atoms with Crippen LogP contribution in [0.15, 0.2) is 60.0 Å². The van der Waals surface area contributed by atoms with E-state index in [-0.39, 0.29) is 38.2 Å². The van der Waals surface area contributed by atoms with Crippen LogP contribution in [0.5, 0.6) is 5.75 Å². The number of anilines is 1. The smallest absolute Gasteiger partial charge is 0.292 e. The van der Waals surface area contributed by atoms with Crippen LogP contribution in [0.25, 0.3) is 27.3 Å². The van der Waals surface area contributed by atoms with Crippen LogP contribution in [-0.4, -0.2) is 37.5 Å². The van der Waals surface area contributed by atoms with Crippen molar-refractivity contribution in [1.29, 1.82) is 0 Å². The lowest BCUT2D eigenvalue weighted by atomic mass is 10.0. The highest BCUT2D eigenvalue weighted by Crippen LogP contribution is 2.34. The van der Waals surface area contributed by atoms with Crippen LogP contribution in [0.1, 0.15) is 22.3 Å². The van der Waals surface area contributed by atoms with Gasteiger partial charge in [0.15, 0.2) is 16.6 Å². The third kappa shape index (κ3) is 4.45. The van der Waals surface area contributed by atoms with E-state index in [1.165, 1.54) is 43.9 Å². The molecule has 14 heteroatoms. The van der Waals surface area contributed by atoms with Gasteiger partial charge in [0.1, 0.15) is 22.1 Å². The maximum Gasteiger partial charge on any atom is 0.292 e. The highest BCUT2D eigenvalue weighted by atomic mass is 32.1. The van der Waals surface area contributed by atoms with Crippen LogP contribution < -0.4 is 15.6 Å². The zero-order valence-electron chi connectivity index (χ0n) is 19.2. The number of hydrogen-bond donors (Lipinski definition) is 1. The number of alkyl halides is 2. The molecule has 192 valence electrons. The van der Waals surface area contributed by atoms with Gasteiger partial charge in [0.25, 0.3) is 17.9 Å². The molecule has 38 heavy (non-hydrogen) atoms. The number of ether oxygens (including phenoxy) is 1. The van der Waals surface area contributed by atoms with Gasteiger partial charge >= 0.3 is 0 Å². The summed E-state index contributed by atoms with van der Waals surface area (Å²) in [6.45, 7) is 0. The molecule has 0 unspecified atom stereocenters. The number of aromatic nitrogens is 5. The normalized spacial score (nSPS) is 11.2. The average Bonchev–Trinajstić information content (AvgIpc) is 3.33. The van der Waals surface area contributed by atoms with E-state index in [4.69, 9.17) is 4.74 Å². The van der Waals surface area contributed by atoms with Gasteiger partial charge in [0.2, 0.25) is 0 Å². The number of rotatable bonds is 6. The molecule has 0 aliphatic heterocycles. The summed E-state index contributed by atoms with van der Waals surface area (Å²) in [5.74, 6) is -2.74. The van der Waals surface area contributed by atoms with Crippen LogP contribution in [0.3, 0.4) is 0 Å². The number of fused-ring (bicyclic) bond motifs is 1. The molecule has 0 spiro atoms. The van der Waals surface area contributed by atoms with Crippen molar-refractivity contribution in [2.45, 2.75) is 6.43 Å². The summed E-state index contributed by atoms with van der Waals surface area (Å²) >= 11 is 0.879. The highest BCUT2D eigenvalue weighted by Gasteiger charge is 2.22. The van der Waals surface area contributed by atoms with E-state index in [0.29, 0.717) is 5.56 Å². The fraction of sp³-hybridized carbons (Fsp3) is 0.0833. The van der Waals surface area contributed by atoms with E-state index in [2.05, 4.69) is 25.3 Å². The van der Waals surface area contributed by atoms with Crippen molar-refractivity contribution in [3.05, 3.63) is 88.4 Å². The number of halogens is 4. The highest BCUT2D eigenvalue weighted by molar-refractivity contribution is 7.22. The Morgan fingerprint density at radius 2 is 1.92 bits per heavy atom. The lowest BCUT2D eigenvalue weighted by Crippen LogP contribution is -2.24. The van der Waals surface area contributed by atoms with E-state index < -0.39 is 35.1 Å². The molecule has 1 N–H and O–H groups in total. The van der Waals surface area contributed by atoms with Gasteiger partial charge in [-0.1, -0.05) is 11.3 Å². The minimum Gasteiger partial charge on any atom is -0.494 e. The Hall–Kier alpha value is -4.72.